The van der Waals surface area contributed by atoms with Gasteiger partial charge in [0.05, 0.1) is 11.8 Å². The maximum Gasteiger partial charge on any atom is 0.233 e. The quantitative estimate of drug-likeness (QED) is 0.915. The molecule has 21 heavy (non-hydrogen) atoms. The molecule has 0 aromatic carbocycles. The van der Waals surface area contributed by atoms with E-state index in [1.807, 2.05) is 22.9 Å². The summed E-state index contributed by atoms with van der Waals surface area (Å²) in [4.78, 5) is 11.2. The third kappa shape index (κ3) is 3.52. The molecule has 2 unspecified atom stereocenters. The second-order valence-corrected chi connectivity index (χ2v) is 5.30. The largest absolute Gasteiger partial charge is 0.381 e. The minimum absolute atomic E-state index is 0. The first-order valence-electron chi connectivity index (χ1n) is 7.05. The zero-order chi connectivity index (χ0) is 13.9. The highest BCUT2D eigenvalue weighted by Gasteiger charge is 2.27. The molecule has 6 nitrogen and oxygen atoms in total. The minimum atomic E-state index is 0. The lowest BCUT2D eigenvalue weighted by Crippen LogP contribution is -2.48. The van der Waals surface area contributed by atoms with Gasteiger partial charge in [0, 0.05) is 51.4 Å². The van der Waals surface area contributed by atoms with Crippen LogP contribution < -0.4 is 5.73 Å². The average Bonchev–Trinajstić information content (AvgIpc) is 2.90. The highest BCUT2D eigenvalue weighted by atomic mass is 35.5. The number of piperidine rings is 1. The van der Waals surface area contributed by atoms with Gasteiger partial charge in [0.15, 0.2) is 0 Å². The first kappa shape index (κ1) is 16.2. The van der Waals surface area contributed by atoms with Crippen molar-refractivity contribution >= 4 is 18.2 Å². The molecule has 0 aliphatic carbocycles. The Hall–Kier alpha value is -1.21. The van der Waals surface area contributed by atoms with E-state index in [2.05, 4.69) is 14.9 Å². The van der Waals surface area contributed by atoms with Gasteiger partial charge in [-0.05, 0) is 18.9 Å². The van der Waals surface area contributed by atoms with Gasteiger partial charge in [-0.15, -0.1) is 12.4 Å². The fourth-order valence-corrected chi connectivity index (χ4v) is 2.89. The summed E-state index contributed by atoms with van der Waals surface area (Å²) < 4.78 is 7.41. The van der Waals surface area contributed by atoms with Crippen LogP contribution in [0.1, 0.15) is 18.5 Å². The molecule has 1 aliphatic rings. The summed E-state index contributed by atoms with van der Waals surface area (Å²) in [5.74, 6) is 0.749. The predicted octanol–water partition coefficient (Wildman–Crippen LogP) is 1.09. The number of ether oxygens (including phenoxy) is 1. The Kier molecular flexibility index (Phi) is 5.52. The zero-order valence-corrected chi connectivity index (χ0v) is 13.0. The molecule has 1 saturated heterocycles. The Balaban J connectivity index is 0.00000161. The summed E-state index contributed by atoms with van der Waals surface area (Å²) in [7, 11) is 1.78. The number of methoxy groups -OCH3 is 1. The van der Waals surface area contributed by atoms with Crippen molar-refractivity contribution in [2.24, 2.45) is 5.73 Å². The molecule has 2 aromatic rings. The molecule has 0 bridgehead atoms. The molecule has 1 fully saturated rings. The lowest BCUT2D eigenvalue weighted by molar-refractivity contribution is 0.00983. The van der Waals surface area contributed by atoms with E-state index in [4.69, 9.17) is 10.5 Å². The van der Waals surface area contributed by atoms with Crippen molar-refractivity contribution in [3.8, 4) is 0 Å². The number of hydrogen-bond acceptors (Lipinski definition) is 5. The van der Waals surface area contributed by atoms with Crippen LogP contribution in [0.2, 0.25) is 0 Å². The van der Waals surface area contributed by atoms with E-state index in [9.17, 15) is 0 Å². The molecule has 116 valence electrons. The van der Waals surface area contributed by atoms with Crippen LogP contribution in [-0.4, -0.2) is 51.6 Å². The third-order valence-corrected chi connectivity index (χ3v) is 4.05. The molecule has 1 aliphatic heterocycles. The van der Waals surface area contributed by atoms with Crippen LogP contribution in [0.25, 0.3) is 5.78 Å². The van der Waals surface area contributed by atoms with E-state index in [1.165, 1.54) is 0 Å². The predicted molar refractivity (Wildman–Crippen MR) is 83.5 cm³/mol. The number of imidazole rings is 1. The Morgan fingerprint density at radius 2 is 2.33 bits per heavy atom. The third-order valence-electron chi connectivity index (χ3n) is 4.05. The summed E-state index contributed by atoms with van der Waals surface area (Å²) in [5.41, 5.74) is 6.94. The number of nitrogens with two attached hydrogens (primary N) is 1. The van der Waals surface area contributed by atoms with Crippen molar-refractivity contribution in [1.82, 2.24) is 19.3 Å². The van der Waals surface area contributed by atoms with Gasteiger partial charge in [0.1, 0.15) is 0 Å². The van der Waals surface area contributed by atoms with E-state index in [0.29, 0.717) is 18.7 Å². The van der Waals surface area contributed by atoms with Crippen LogP contribution in [0, 0.1) is 0 Å². The first-order chi connectivity index (χ1) is 9.80. The lowest BCUT2D eigenvalue weighted by atomic mass is 9.99. The number of rotatable bonds is 4. The molecule has 3 rings (SSSR count). The molecule has 0 saturated carbocycles. The van der Waals surface area contributed by atoms with Gasteiger partial charge >= 0.3 is 0 Å². The highest BCUT2D eigenvalue weighted by molar-refractivity contribution is 5.85. The maximum atomic E-state index is 5.90. The lowest BCUT2D eigenvalue weighted by Gasteiger charge is -2.38. The number of likely N-dealkylation sites (tertiary alicyclic amines) is 1. The number of halogens is 1. The minimum Gasteiger partial charge on any atom is -0.381 e. The van der Waals surface area contributed by atoms with Gasteiger partial charge in [-0.2, -0.15) is 0 Å². The molecule has 0 amide bonds. The van der Waals surface area contributed by atoms with Crippen molar-refractivity contribution < 1.29 is 4.74 Å². The second kappa shape index (κ2) is 7.17. The summed E-state index contributed by atoms with van der Waals surface area (Å²) >= 11 is 0. The van der Waals surface area contributed by atoms with E-state index in [1.54, 1.807) is 13.3 Å². The summed E-state index contributed by atoms with van der Waals surface area (Å²) in [6, 6.07) is 2.28. The van der Waals surface area contributed by atoms with Crippen molar-refractivity contribution in [2.45, 2.75) is 31.5 Å². The van der Waals surface area contributed by atoms with Gasteiger partial charge in [0.25, 0.3) is 0 Å². The Morgan fingerprint density at radius 1 is 1.48 bits per heavy atom. The van der Waals surface area contributed by atoms with Gasteiger partial charge in [-0.1, -0.05) is 0 Å². The van der Waals surface area contributed by atoms with Gasteiger partial charge in [-0.25, -0.2) is 9.97 Å². The van der Waals surface area contributed by atoms with Gasteiger partial charge in [0.2, 0.25) is 5.78 Å². The molecule has 3 heterocycles. The van der Waals surface area contributed by atoms with Crippen molar-refractivity contribution in [1.29, 1.82) is 0 Å². The molecule has 7 heteroatoms. The van der Waals surface area contributed by atoms with Gasteiger partial charge in [-0.3, -0.25) is 9.30 Å². The molecule has 0 spiro atoms. The first-order valence-corrected chi connectivity index (χ1v) is 7.05. The average molecular weight is 312 g/mol. The molecular weight excluding hydrogens is 290 g/mol. The van der Waals surface area contributed by atoms with Crippen LogP contribution in [0.3, 0.4) is 0 Å². The van der Waals surface area contributed by atoms with E-state index in [0.717, 1.165) is 37.4 Å². The zero-order valence-electron chi connectivity index (χ0n) is 12.2. The fraction of sp³-hybridized carbons (Fsp3) is 0.571. The van der Waals surface area contributed by atoms with E-state index >= 15 is 0 Å². The summed E-state index contributed by atoms with van der Waals surface area (Å²) in [6.45, 7) is 2.48. The smallest absolute Gasteiger partial charge is 0.233 e. The van der Waals surface area contributed by atoms with Crippen LogP contribution >= 0.6 is 12.4 Å². The number of fused-ring (bicyclic) bond motifs is 1. The Labute approximate surface area is 130 Å². The number of aromatic nitrogens is 3. The van der Waals surface area contributed by atoms with E-state index < -0.39 is 0 Å². The molecule has 2 aromatic heterocycles. The normalized spacial score (nSPS) is 23.1. The maximum absolute atomic E-state index is 5.90. The SMILES string of the molecule is COC1CCN(Cc2cn3cccnc3n2)C(CN)C1.Cl. The summed E-state index contributed by atoms with van der Waals surface area (Å²) in [5, 5.41) is 0. The van der Waals surface area contributed by atoms with Crippen LogP contribution in [0.15, 0.2) is 24.7 Å². The highest BCUT2D eigenvalue weighted by Crippen LogP contribution is 2.21. The van der Waals surface area contributed by atoms with Crippen molar-refractivity contribution in [3.63, 3.8) is 0 Å². The molecule has 0 radical (unpaired) electrons. The Bertz CT molecular complexity index is 542. The number of hydrogen-bond donors (Lipinski definition) is 1. The van der Waals surface area contributed by atoms with Crippen LogP contribution in [0.4, 0.5) is 0 Å². The van der Waals surface area contributed by atoms with Crippen molar-refractivity contribution in [2.75, 3.05) is 20.2 Å². The number of nitrogens with zero attached hydrogens (tertiary/aromatic N) is 4. The topological polar surface area (TPSA) is 68.7 Å². The molecular formula is C14H22ClN5O. The van der Waals surface area contributed by atoms with Gasteiger partial charge < -0.3 is 10.5 Å². The van der Waals surface area contributed by atoms with Crippen LogP contribution in [0.5, 0.6) is 0 Å². The van der Waals surface area contributed by atoms with Crippen LogP contribution in [-0.2, 0) is 11.3 Å². The van der Waals surface area contributed by atoms with Crippen molar-refractivity contribution in [3.05, 3.63) is 30.4 Å². The Morgan fingerprint density at radius 3 is 3.05 bits per heavy atom. The fourth-order valence-electron chi connectivity index (χ4n) is 2.89. The second-order valence-electron chi connectivity index (χ2n) is 5.30. The standard InChI is InChI=1S/C14H21N5O.ClH/c1-20-13-3-6-18(12(7-13)8-15)9-11-10-19-5-2-4-16-14(19)17-11;/h2,4-5,10,12-13H,3,6-9,15H2,1H3;1H. The molecule has 2 N–H and O–H groups in total. The monoisotopic (exact) mass is 311 g/mol. The van der Waals surface area contributed by atoms with E-state index in [-0.39, 0.29) is 12.4 Å². The summed E-state index contributed by atoms with van der Waals surface area (Å²) in [6.07, 6.45) is 8.16. The molecule has 2 atom stereocenters.